The smallest absolute Gasteiger partial charge is 0.251 e. The Morgan fingerprint density at radius 3 is 2.60 bits per heavy atom. The first-order valence-electron chi connectivity index (χ1n) is 8.60. The Labute approximate surface area is 157 Å². The van der Waals surface area contributed by atoms with E-state index in [-0.39, 0.29) is 5.91 Å². The third-order valence-corrected chi connectivity index (χ3v) is 6.55. The third kappa shape index (κ3) is 3.84. The summed E-state index contributed by atoms with van der Waals surface area (Å²) in [7, 11) is 0. The van der Waals surface area contributed by atoms with Gasteiger partial charge in [0.25, 0.3) is 5.91 Å². The number of amides is 1. The first-order chi connectivity index (χ1) is 12.2. The number of pyridine rings is 1. The topological polar surface area (TPSA) is 45.2 Å². The fourth-order valence-corrected chi connectivity index (χ4v) is 4.65. The Balaban J connectivity index is 1.40. The molecule has 130 valence electrons. The van der Waals surface area contributed by atoms with Crippen LogP contribution in [0.1, 0.15) is 23.2 Å². The molecule has 4 heterocycles. The maximum absolute atomic E-state index is 12.5. The minimum absolute atomic E-state index is 0.0229. The molecule has 3 aliphatic rings. The molecule has 3 saturated heterocycles. The van der Waals surface area contributed by atoms with Crippen LogP contribution in [0.15, 0.2) is 52.5 Å². The largest absolute Gasteiger partial charge is 0.348 e. The highest BCUT2D eigenvalue weighted by Crippen LogP contribution is 2.32. The number of hydrogen-bond donors (Lipinski definition) is 1. The van der Waals surface area contributed by atoms with E-state index >= 15 is 0 Å². The van der Waals surface area contributed by atoms with E-state index in [4.69, 9.17) is 11.6 Å². The van der Waals surface area contributed by atoms with Crippen LogP contribution in [0.25, 0.3) is 0 Å². The van der Waals surface area contributed by atoms with Crippen LogP contribution >= 0.6 is 23.4 Å². The number of aromatic nitrogens is 1. The van der Waals surface area contributed by atoms with Crippen LogP contribution in [0.3, 0.4) is 0 Å². The summed E-state index contributed by atoms with van der Waals surface area (Å²) in [5.74, 6) is 0.659. The molecule has 0 aliphatic carbocycles. The van der Waals surface area contributed by atoms with Crippen molar-refractivity contribution in [1.29, 1.82) is 0 Å². The first-order valence-corrected chi connectivity index (χ1v) is 9.79. The van der Waals surface area contributed by atoms with Crippen molar-refractivity contribution in [3.8, 4) is 0 Å². The summed E-state index contributed by atoms with van der Waals surface area (Å²) in [5, 5.41) is 3.91. The summed E-state index contributed by atoms with van der Waals surface area (Å²) >= 11 is 7.71. The lowest BCUT2D eigenvalue weighted by Gasteiger charge is -2.44. The number of carbonyl (C=O) groups is 1. The predicted molar refractivity (Wildman–Crippen MR) is 100 cm³/mol. The maximum Gasteiger partial charge on any atom is 0.251 e. The molecule has 3 fully saturated rings. The van der Waals surface area contributed by atoms with Gasteiger partial charge in [-0.15, -0.1) is 0 Å². The lowest BCUT2D eigenvalue weighted by molar-refractivity contribution is 0.0620. The zero-order valence-corrected chi connectivity index (χ0v) is 15.4. The van der Waals surface area contributed by atoms with Crippen LogP contribution in [0.4, 0.5) is 0 Å². The number of fused-ring (bicyclic) bond motifs is 3. The highest BCUT2D eigenvalue weighted by molar-refractivity contribution is 7.99. The average Bonchev–Trinajstić information content (AvgIpc) is 2.65. The van der Waals surface area contributed by atoms with E-state index in [2.05, 4.69) is 15.2 Å². The van der Waals surface area contributed by atoms with Crippen molar-refractivity contribution in [2.45, 2.75) is 28.7 Å². The molecule has 25 heavy (non-hydrogen) atoms. The molecule has 0 unspecified atom stereocenters. The Hall–Kier alpha value is -1.56. The summed E-state index contributed by atoms with van der Waals surface area (Å²) in [4.78, 5) is 21.0. The van der Waals surface area contributed by atoms with Gasteiger partial charge in [-0.1, -0.05) is 23.4 Å². The van der Waals surface area contributed by atoms with E-state index in [1.807, 2.05) is 24.3 Å². The van der Waals surface area contributed by atoms with Crippen molar-refractivity contribution < 1.29 is 4.79 Å². The third-order valence-electron chi connectivity index (χ3n) is 5.05. The molecule has 1 aromatic carbocycles. The summed E-state index contributed by atoms with van der Waals surface area (Å²) < 4.78 is 0. The minimum Gasteiger partial charge on any atom is -0.348 e. The van der Waals surface area contributed by atoms with E-state index in [0.717, 1.165) is 16.3 Å². The normalized spacial score (nSPS) is 24.9. The van der Waals surface area contributed by atoms with Gasteiger partial charge in [0.1, 0.15) is 0 Å². The molecule has 6 heteroatoms. The van der Waals surface area contributed by atoms with Crippen LogP contribution < -0.4 is 5.32 Å². The molecule has 1 amide bonds. The minimum atomic E-state index is 0.0229. The van der Waals surface area contributed by atoms with Gasteiger partial charge < -0.3 is 10.2 Å². The first kappa shape index (κ1) is 16.9. The molecule has 5 rings (SSSR count). The standard InChI is InChI=1S/C19H20ClN3OS/c20-16-5-8-21-11-18(16)25-15-3-1-14(2-4-15)19(24)22-17-12-23-9-6-13(17)7-10-23/h1-5,8,11,13,17H,6-7,9-10,12H2,(H,22,24)/t17-/m0/s1. The molecular weight excluding hydrogens is 354 g/mol. The summed E-state index contributed by atoms with van der Waals surface area (Å²) in [5.41, 5.74) is 0.707. The molecule has 4 nitrogen and oxygen atoms in total. The highest BCUT2D eigenvalue weighted by atomic mass is 35.5. The maximum atomic E-state index is 12.5. The van der Waals surface area contributed by atoms with Crippen molar-refractivity contribution in [2.24, 2.45) is 5.92 Å². The number of hydrogen-bond acceptors (Lipinski definition) is 4. The van der Waals surface area contributed by atoms with Gasteiger partial charge in [-0.25, -0.2) is 0 Å². The van der Waals surface area contributed by atoms with E-state index in [1.165, 1.54) is 25.9 Å². The average molecular weight is 374 g/mol. The Morgan fingerprint density at radius 2 is 1.96 bits per heavy atom. The highest BCUT2D eigenvalue weighted by Gasteiger charge is 2.34. The summed E-state index contributed by atoms with van der Waals surface area (Å²) in [6.45, 7) is 3.35. The fraction of sp³-hybridized carbons (Fsp3) is 0.368. The number of nitrogens with one attached hydrogen (secondary N) is 1. The molecule has 0 saturated carbocycles. The van der Waals surface area contributed by atoms with E-state index in [9.17, 15) is 4.79 Å². The van der Waals surface area contributed by atoms with Crippen molar-refractivity contribution in [3.63, 3.8) is 0 Å². The summed E-state index contributed by atoms with van der Waals surface area (Å²) in [6, 6.07) is 9.74. The van der Waals surface area contributed by atoms with Crippen LogP contribution in [-0.2, 0) is 0 Å². The van der Waals surface area contributed by atoms with Crippen molar-refractivity contribution in [2.75, 3.05) is 19.6 Å². The number of piperidine rings is 3. The van der Waals surface area contributed by atoms with Crippen LogP contribution in [0.5, 0.6) is 0 Å². The van der Waals surface area contributed by atoms with Crippen molar-refractivity contribution in [3.05, 3.63) is 53.3 Å². The van der Waals surface area contributed by atoms with Gasteiger partial charge in [0, 0.05) is 40.3 Å². The van der Waals surface area contributed by atoms with E-state index in [0.29, 0.717) is 22.5 Å². The SMILES string of the molecule is O=C(N[C@H]1CN2CCC1CC2)c1ccc(Sc2cnccc2Cl)cc1. The molecule has 1 aromatic heterocycles. The molecule has 0 radical (unpaired) electrons. The van der Waals surface area contributed by atoms with Crippen molar-refractivity contribution >= 4 is 29.3 Å². The second-order valence-corrected chi connectivity index (χ2v) is 8.17. The number of nitrogens with zero attached hydrogens (tertiary/aromatic N) is 2. The van der Waals surface area contributed by atoms with Gasteiger partial charge in [0.05, 0.1) is 5.02 Å². The second-order valence-electron chi connectivity index (χ2n) is 6.65. The predicted octanol–water partition coefficient (Wildman–Crippen LogP) is 3.71. The van der Waals surface area contributed by atoms with Gasteiger partial charge >= 0.3 is 0 Å². The summed E-state index contributed by atoms with van der Waals surface area (Å²) in [6.07, 6.45) is 5.83. The van der Waals surface area contributed by atoms with Crippen LogP contribution in [0.2, 0.25) is 5.02 Å². The van der Waals surface area contributed by atoms with Crippen LogP contribution in [0, 0.1) is 5.92 Å². The number of benzene rings is 1. The van der Waals surface area contributed by atoms with Crippen molar-refractivity contribution in [1.82, 2.24) is 15.2 Å². The van der Waals surface area contributed by atoms with E-state index < -0.39 is 0 Å². The molecular formula is C19H20ClN3OS. The zero-order valence-electron chi connectivity index (χ0n) is 13.8. The van der Waals surface area contributed by atoms with Gasteiger partial charge in [-0.3, -0.25) is 9.78 Å². The lowest BCUT2D eigenvalue weighted by atomic mass is 9.84. The second kappa shape index (κ2) is 7.36. The molecule has 1 atom stereocenters. The fourth-order valence-electron chi connectivity index (χ4n) is 3.62. The Bertz CT molecular complexity index is 760. The van der Waals surface area contributed by atoms with Crippen LogP contribution in [-0.4, -0.2) is 41.5 Å². The van der Waals surface area contributed by atoms with Gasteiger partial charge in [0.2, 0.25) is 0 Å². The van der Waals surface area contributed by atoms with E-state index in [1.54, 1.807) is 30.2 Å². The van der Waals surface area contributed by atoms with Gasteiger partial charge in [0.15, 0.2) is 0 Å². The van der Waals surface area contributed by atoms with Gasteiger partial charge in [-0.05, 0) is 62.2 Å². The Kier molecular flexibility index (Phi) is 4.97. The lowest BCUT2D eigenvalue weighted by Crippen LogP contribution is -2.57. The number of halogens is 1. The Morgan fingerprint density at radius 1 is 1.20 bits per heavy atom. The molecule has 0 spiro atoms. The quantitative estimate of drug-likeness (QED) is 0.887. The monoisotopic (exact) mass is 373 g/mol. The molecule has 2 bridgehead atoms. The zero-order chi connectivity index (χ0) is 17.2. The van der Waals surface area contributed by atoms with Gasteiger partial charge in [-0.2, -0.15) is 0 Å². The molecule has 1 N–H and O–H groups in total. The number of rotatable bonds is 4. The molecule has 3 aliphatic heterocycles. The molecule has 2 aromatic rings. The number of carbonyl (C=O) groups excluding carboxylic acids is 1.